The second-order valence-corrected chi connectivity index (χ2v) is 2.20. The molecule has 0 saturated carbocycles. The summed E-state index contributed by atoms with van der Waals surface area (Å²) in [5, 5.41) is 0. The average Bonchev–Trinajstić information content (AvgIpc) is 2.12. The Morgan fingerprint density at radius 1 is 1.88 bits per heavy atom. The minimum Gasteiger partial charge on any atom is -0.370 e. The summed E-state index contributed by atoms with van der Waals surface area (Å²) in [6.45, 7) is 6.67. The highest BCUT2D eigenvalue weighted by atomic mass is 16.5. The van der Waals surface area contributed by atoms with E-state index in [0.29, 0.717) is 5.92 Å². The lowest BCUT2D eigenvalue weighted by atomic mass is 10.1. The van der Waals surface area contributed by atoms with E-state index in [0.717, 1.165) is 6.61 Å². The van der Waals surface area contributed by atoms with Crippen molar-refractivity contribution in [3.05, 3.63) is 19.1 Å². The van der Waals surface area contributed by atoms with Crippen LogP contribution in [-0.4, -0.2) is 12.7 Å². The third-order valence-electron chi connectivity index (χ3n) is 1.27. The molecule has 1 nitrogen and oxygen atoms in total. The lowest BCUT2D eigenvalue weighted by molar-refractivity contribution is 0.101. The number of rotatable bonds is 1. The molecule has 1 radical (unpaired) electrons. The van der Waals surface area contributed by atoms with E-state index in [1.165, 1.54) is 0 Å². The highest BCUT2D eigenvalue weighted by Gasteiger charge is 2.12. The van der Waals surface area contributed by atoms with Gasteiger partial charge in [-0.25, -0.2) is 0 Å². The normalized spacial score (nSPS) is 27.6. The predicted octanol–water partition coefficient (Wildman–Crippen LogP) is 1.41. The van der Waals surface area contributed by atoms with Gasteiger partial charge in [-0.05, 0) is 12.8 Å². The fourth-order valence-electron chi connectivity index (χ4n) is 0.766. The molecule has 2 atom stereocenters. The maximum Gasteiger partial charge on any atom is 0.0786 e. The molecule has 0 N–H and O–H groups in total. The Hall–Kier alpha value is -0.300. The topological polar surface area (TPSA) is 9.23 Å². The van der Waals surface area contributed by atoms with Crippen LogP contribution < -0.4 is 0 Å². The summed E-state index contributed by atoms with van der Waals surface area (Å²) in [4.78, 5) is 0. The molecule has 1 rings (SSSR count). The molecule has 0 bridgehead atoms. The summed E-state index contributed by atoms with van der Waals surface area (Å²) < 4.78 is 5.24. The summed E-state index contributed by atoms with van der Waals surface area (Å²) in [7, 11) is 0. The van der Waals surface area contributed by atoms with Crippen LogP contribution in [0.4, 0.5) is 0 Å². The fraction of sp³-hybridized carbons (Fsp3) is 0.571. The SMILES string of the molecule is [CH2][C@H](C)[C@H]1C=CCO1. The minimum absolute atomic E-state index is 0.273. The number of hydrogen-bond acceptors (Lipinski definition) is 1. The number of hydrogen-bond donors (Lipinski definition) is 0. The van der Waals surface area contributed by atoms with E-state index in [-0.39, 0.29) is 6.10 Å². The van der Waals surface area contributed by atoms with Crippen molar-refractivity contribution in [1.29, 1.82) is 0 Å². The van der Waals surface area contributed by atoms with Crippen LogP contribution in [0.1, 0.15) is 6.92 Å². The largest absolute Gasteiger partial charge is 0.370 e. The van der Waals surface area contributed by atoms with Crippen LogP contribution in [-0.2, 0) is 4.74 Å². The Morgan fingerprint density at radius 3 is 2.88 bits per heavy atom. The summed E-state index contributed by atoms with van der Waals surface area (Å²) in [5.41, 5.74) is 0. The van der Waals surface area contributed by atoms with E-state index >= 15 is 0 Å². The van der Waals surface area contributed by atoms with Gasteiger partial charge >= 0.3 is 0 Å². The van der Waals surface area contributed by atoms with Gasteiger partial charge in [0.1, 0.15) is 0 Å². The van der Waals surface area contributed by atoms with Crippen LogP contribution in [0.15, 0.2) is 12.2 Å². The van der Waals surface area contributed by atoms with E-state index in [2.05, 4.69) is 19.9 Å². The van der Waals surface area contributed by atoms with Crippen molar-refractivity contribution < 1.29 is 4.74 Å². The Balaban J connectivity index is 2.36. The van der Waals surface area contributed by atoms with Crippen molar-refractivity contribution in [2.45, 2.75) is 13.0 Å². The van der Waals surface area contributed by atoms with Crippen LogP contribution in [0.2, 0.25) is 0 Å². The van der Waals surface area contributed by atoms with Crippen molar-refractivity contribution in [2.24, 2.45) is 5.92 Å². The summed E-state index contributed by atoms with van der Waals surface area (Å²) >= 11 is 0. The molecule has 0 spiro atoms. The van der Waals surface area contributed by atoms with E-state index in [9.17, 15) is 0 Å². The lowest BCUT2D eigenvalue weighted by Crippen LogP contribution is -2.12. The maximum atomic E-state index is 5.24. The van der Waals surface area contributed by atoms with Gasteiger partial charge in [-0.2, -0.15) is 0 Å². The summed E-state index contributed by atoms with van der Waals surface area (Å²) in [6.07, 6.45) is 4.37. The molecule has 1 aliphatic rings. The summed E-state index contributed by atoms with van der Waals surface area (Å²) in [6, 6.07) is 0. The van der Waals surface area contributed by atoms with E-state index < -0.39 is 0 Å². The molecule has 0 fully saturated rings. The molecule has 0 aliphatic carbocycles. The first-order valence-corrected chi connectivity index (χ1v) is 2.92. The molecule has 0 aromatic heterocycles. The molecule has 1 aliphatic heterocycles. The van der Waals surface area contributed by atoms with Crippen LogP contribution in [0, 0.1) is 12.8 Å². The molecule has 0 unspecified atom stereocenters. The molecule has 1 heterocycles. The van der Waals surface area contributed by atoms with Crippen molar-refractivity contribution in [1.82, 2.24) is 0 Å². The van der Waals surface area contributed by atoms with Gasteiger partial charge in [-0.3, -0.25) is 0 Å². The highest BCUT2D eigenvalue weighted by Crippen LogP contribution is 2.11. The van der Waals surface area contributed by atoms with Crippen molar-refractivity contribution in [3.63, 3.8) is 0 Å². The first-order valence-electron chi connectivity index (χ1n) is 2.92. The quantitative estimate of drug-likeness (QED) is 0.465. The molecule has 0 aromatic rings. The van der Waals surface area contributed by atoms with Gasteiger partial charge in [-0.1, -0.05) is 19.1 Å². The zero-order chi connectivity index (χ0) is 5.98. The highest BCUT2D eigenvalue weighted by molar-refractivity contribution is 4.98. The molecule has 1 heteroatoms. The molecule has 45 valence electrons. The van der Waals surface area contributed by atoms with Crippen LogP contribution >= 0.6 is 0 Å². The second-order valence-electron chi connectivity index (χ2n) is 2.20. The smallest absolute Gasteiger partial charge is 0.0786 e. The second kappa shape index (κ2) is 2.31. The number of ether oxygens (including phenoxy) is 1. The zero-order valence-corrected chi connectivity index (χ0v) is 5.13. The Morgan fingerprint density at radius 2 is 2.62 bits per heavy atom. The van der Waals surface area contributed by atoms with Gasteiger partial charge in [-0.15, -0.1) is 0 Å². The zero-order valence-electron chi connectivity index (χ0n) is 5.13. The monoisotopic (exact) mass is 111 g/mol. The van der Waals surface area contributed by atoms with Crippen LogP contribution in [0.5, 0.6) is 0 Å². The van der Waals surface area contributed by atoms with E-state index in [1.54, 1.807) is 0 Å². The third kappa shape index (κ3) is 1.10. The first-order chi connectivity index (χ1) is 3.80. The fourth-order valence-corrected chi connectivity index (χ4v) is 0.766. The standard InChI is InChI=1S/C7H11O/c1-6(2)7-4-3-5-8-7/h3-4,6-7H,1,5H2,2H3/t6-,7-/m1/s1. The minimum atomic E-state index is 0.273. The molecule has 0 aromatic carbocycles. The Labute approximate surface area is 50.3 Å². The first kappa shape index (κ1) is 5.83. The molecular weight excluding hydrogens is 100 g/mol. The van der Waals surface area contributed by atoms with E-state index in [4.69, 9.17) is 4.74 Å². The maximum absolute atomic E-state index is 5.24. The summed E-state index contributed by atoms with van der Waals surface area (Å²) in [5.74, 6) is 0.383. The van der Waals surface area contributed by atoms with Gasteiger partial charge < -0.3 is 4.74 Å². The predicted molar refractivity (Wildman–Crippen MR) is 33.4 cm³/mol. The molecular formula is C7H11O. The van der Waals surface area contributed by atoms with Gasteiger partial charge in [0, 0.05) is 0 Å². The van der Waals surface area contributed by atoms with E-state index in [1.807, 2.05) is 6.08 Å². The molecule has 8 heavy (non-hydrogen) atoms. The average molecular weight is 111 g/mol. The lowest BCUT2D eigenvalue weighted by Gasteiger charge is -2.10. The van der Waals surface area contributed by atoms with Gasteiger partial charge in [0.15, 0.2) is 0 Å². The van der Waals surface area contributed by atoms with Gasteiger partial charge in [0.05, 0.1) is 12.7 Å². The van der Waals surface area contributed by atoms with Crippen LogP contribution in [0.3, 0.4) is 0 Å². The molecule has 0 saturated heterocycles. The van der Waals surface area contributed by atoms with Gasteiger partial charge in [0.2, 0.25) is 0 Å². The Bertz CT molecular complexity index is 94.6. The molecule has 0 amide bonds. The van der Waals surface area contributed by atoms with Crippen molar-refractivity contribution >= 4 is 0 Å². The van der Waals surface area contributed by atoms with Crippen molar-refractivity contribution in [3.8, 4) is 0 Å². The van der Waals surface area contributed by atoms with Crippen molar-refractivity contribution in [2.75, 3.05) is 6.61 Å². The third-order valence-corrected chi connectivity index (χ3v) is 1.27. The Kier molecular flexibility index (Phi) is 1.69. The van der Waals surface area contributed by atoms with Gasteiger partial charge in [0.25, 0.3) is 0 Å². The van der Waals surface area contributed by atoms with Crippen LogP contribution in [0.25, 0.3) is 0 Å².